The van der Waals surface area contributed by atoms with Gasteiger partial charge in [0.15, 0.2) is 6.61 Å². The number of likely N-dealkylation sites (tertiary alicyclic amines) is 1. The molecular weight excluding hydrogens is 404 g/mol. The summed E-state index contributed by atoms with van der Waals surface area (Å²) in [5.74, 6) is 0.431. The fourth-order valence-electron chi connectivity index (χ4n) is 4.27. The van der Waals surface area contributed by atoms with Crippen LogP contribution in [0.1, 0.15) is 50.4 Å². The summed E-state index contributed by atoms with van der Waals surface area (Å²) < 4.78 is 32.5. The molecule has 0 unspecified atom stereocenters. The Kier molecular flexibility index (Phi) is 7.18. The number of benzene rings is 1. The zero-order valence-corrected chi connectivity index (χ0v) is 18.9. The minimum absolute atomic E-state index is 0.166. The number of rotatable bonds is 5. The number of ether oxygens (including phenoxy) is 1. The molecule has 2 saturated heterocycles. The highest BCUT2D eigenvalue weighted by atomic mass is 32.2. The highest BCUT2D eigenvalue weighted by Gasteiger charge is 2.31. The summed E-state index contributed by atoms with van der Waals surface area (Å²) in [5, 5.41) is 0. The topological polar surface area (TPSA) is 84.0 Å². The molecule has 0 spiro atoms. The molecule has 1 aromatic carbocycles. The lowest BCUT2D eigenvalue weighted by Gasteiger charge is -2.34. The van der Waals surface area contributed by atoms with Crippen LogP contribution in [0.2, 0.25) is 0 Å². The van der Waals surface area contributed by atoms with Crippen LogP contribution in [-0.2, 0) is 19.6 Å². The molecule has 2 aliphatic rings. The predicted molar refractivity (Wildman–Crippen MR) is 113 cm³/mol. The van der Waals surface area contributed by atoms with Gasteiger partial charge in [-0.25, -0.2) is 13.2 Å². The summed E-state index contributed by atoms with van der Waals surface area (Å²) in [6, 6.07) is 5.76. The predicted octanol–water partition coefficient (Wildman–Crippen LogP) is 2.77. The van der Waals surface area contributed by atoms with Gasteiger partial charge in [-0.2, -0.15) is 4.31 Å². The molecule has 2 atom stereocenters. The van der Waals surface area contributed by atoms with Crippen molar-refractivity contribution in [3.05, 3.63) is 29.8 Å². The molecule has 3 rings (SSSR count). The number of hydrogen-bond donors (Lipinski definition) is 0. The quantitative estimate of drug-likeness (QED) is 0.663. The van der Waals surface area contributed by atoms with E-state index in [4.69, 9.17) is 4.74 Å². The second-order valence-electron chi connectivity index (χ2n) is 8.93. The van der Waals surface area contributed by atoms with Crippen LogP contribution in [0.3, 0.4) is 0 Å². The Bertz CT molecular complexity index is 850. The highest BCUT2D eigenvalue weighted by Crippen LogP contribution is 2.26. The lowest BCUT2D eigenvalue weighted by Crippen LogP contribution is -2.42. The van der Waals surface area contributed by atoms with Crippen LogP contribution in [0.25, 0.3) is 0 Å². The Morgan fingerprint density at radius 3 is 2.10 bits per heavy atom. The second-order valence-corrected chi connectivity index (χ2v) is 10.9. The average molecular weight is 437 g/mol. The number of carbonyl (C=O) groups is 2. The van der Waals surface area contributed by atoms with E-state index >= 15 is 0 Å². The molecule has 0 saturated carbocycles. The molecule has 1 aromatic rings. The third-order valence-corrected chi connectivity index (χ3v) is 7.87. The minimum atomic E-state index is -3.59. The van der Waals surface area contributed by atoms with Crippen LogP contribution in [0.5, 0.6) is 0 Å². The zero-order chi connectivity index (χ0) is 21.9. The minimum Gasteiger partial charge on any atom is -0.452 e. The Morgan fingerprint density at radius 2 is 1.53 bits per heavy atom. The highest BCUT2D eigenvalue weighted by molar-refractivity contribution is 7.89. The van der Waals surface area contributed by atoms with Gasteiger partial charge in [-0.15, -0.1) is 0 Å². The van der Waals surface area contributed by atoms with Crippen molar-refractivity contribution < 1.29 is 22.7 Å². The van der Waals surface area contributed by atoms with Crippen molar-refractivity contribution in [3.8, 4) is 0 Å². The van der Waals surface area contributed by atoms with Crippen molar-refractivity contribution in [2.45, 2.75) is 44.9 Å². The van der Waals surface area contributed by atoms with Crippen LogP contribution < -0.4 is 0 Å². The van der Waals surface area contributed by atoms with Crippen molar-refractivity contribution >= 4 is 21.9 Å². The Morgan fingerprint density at radius 1 is 0.967 bits per heavy atom. The van der Waals surface area contributed by atoms with Crippen molar-refractivity contribution in [2.75, 3.05) is 32.8 Å². The van der Waals surface area contributed by atoms with Crippen LogP contribution >= 0.6 is 0 Å². The van der Waals surface area contributed by atoms with E-state index in [1.54, 1.807) is 4.90 Å². The molecule has 30 heavy (non-hydrogen) atoms. The normalized spacial score (nSPS) is 23.9. The maximum atomic E-state index is 12.9. The van der Waals surface area contributed by atoms with Crippen LogP contribution in [-0.4, -0.2) is 62.3 Å². The van der Waals surface area contributed by atoms with E-state index in [0.29, 0.717) is 43.9 Å². The molecule has 2 heterocycles. The third-order valence-electron chi connectivity index (χ3n) is 6.03. The van der Waals surface area contributed by atoms with Crippen molar-refractivity contribution in [1.29, 1.82) is 0 Å². The van der Waals surface area contributed by atoms with Gasteiger partial charge in [-0.3, -0.25) is 4.79 Å². The second kappa shape index (κ2) is 9.47. The maximum absolute atomic E-state index is 12.9. The first-order valence-electron chi connectivity index (χ1n) is 10.7. The van der Waals surface area contributed by atoms with Crippen molar-refractivity contribution in [1.82, 2.24) is 9.21 Å². The first kappa shape index (κ1) is 22.7. The van der Waals surface area contributed by atoms with Gasteiger partial charge in [0.2, 0.25) is 10.0 Å². The zero-order valence-electron chi connectivity index (χ0n) is 18.0. The Hall–Kier alpha value is -1.93. The molecule has 0 bridgehead atoms. The number of piperidine rings is 2. The molecule has 0 N–H and O–H groups in total. The third kappa shape index (κ3) is 5.40. The van der Waals surface area contributed by atoms with Crippen LogP contribution in [0.15, 0.2) is 29.2 Å². The van der Waals surface area contributed by atoms with E-state index in [1.165, 1.54) is 28.6 Å². The Balaban J connectivity index is 1.58. The fraction of sp³-hybridized carbons (Fsp3) is 0.636. The fourth-order valence-corrected chi connectivity index (χ4v) is 5.95. The summed E-state index contributed by atoms with van der Waals surface area (Å²) >= 11 is 0. The summed E-state index contributed by atoms with van der Waals surface area (Å²) in [5.41, 5.74) is 0.231. The van der Waals surface area contributed by atoms with Crippen LogP contribution in [0, 0.1) is 17.8 Å². The first-order valence-corrected chi connectivity index (χ1v) is 12.2. The van der Waals surface area contributed by atoms with Gasteiger partial charge >= 0.3 is 5.97 Å². The van der Waals surface area contributed by atoms with E-state index in [2.05, 4.69) is 20.8 Å². The monoisotopic (exact) mass is 436 g/mol. The van der Waals surface area contributed by atoms with Gasteiger partial charge in [0, 0.05) is 26.2 Å². The molecular formula is C22H32N2O5S. The lowest BCUT2D eigenvalue weighted by molar-refractivity contribution is -0.135. The molecule has 0 aromatic heterocycles. The summed E-state index contributed by atoms with van der Waals surface area (Å²) in [4.78, 5) is 26.4. The molecule has 1 amide bonds. The first-order chi connectivity index (χ1) is 14.2. The average Bonchev–Trinajstić information content (AvgIpc) is 2.71. The number of nitrogens with zero attached hydrogens (tertiary/aromatic N) is 2. The van der Waals surface area contributed by atoms with Crippen molar-refractivity contribution in [2.24, 2.45) is 17.8 Å². The summed E-state index contributed by atoms with van der Waals surface area (Å²) in [6.45, 7) is 8.39. The van der Waals surface area contributed by atoms with Gasteiger partial charge in [-0.05, 0) is 61.3 Å². The van der Waals surface area contributed by atoms with Gasteiger partial charge in [0.05, 0.1) is 10.5 Å². The number of sulfonamides is 1. The molecule has 0 radical (unpaired) electrons. The van der Waals surface area contributed by atoms with E-state index < -0.39 is 16.0 Å². The maximum Gasteiger partial charge on any atom is 0.338 e. The number of amides is 1. The molecule has 2 fully saturated rings. The summed E-state index contributed by atoms with van der Waals surface area (Å²) in [7, 11) is -3.59. The van der Waals surface area contributed by atoms with Gasteiger partial charge in [0.25, 0.3) is 5.91 Å². The molecule has 7 nitrogen and oxygen atoms in total. The van der Waals surface area contributed by atoms with Gasteiger partial charge in [0.1, 0.15) is 0 Å². The number of hydrogen-bond acceptors (Lipinski definition) is 5. The van der Waals surface area contributed by atoms with E-state index in [1.807, 2.05) is 0 Å². The van der Waals surface area contributed by atoms with E-state index in [-0.39, 0.29) is 23.0 Å². The van der Waals surface area contributed by atoms with E-state index in [9.17, 15) is 18.0 Å². The molecule has 166 valence electrons. The molecule has 0 aliphatic carbocycles. The number of esters is 1. The number of carbonyl (C=O) groups excluding carboxylic acids is 2. The lowest BCUT2D eigenvalue weighted by atomic mass is 9.94. The smallest absolute Gasteiger partial charge is 0.338 e. The molecule has 2 aliphatic heterocycles. The standard InChI is InChI=1S/C22H32N2O5S/c1-16-8-10-23(11-9-16)21(25)15-29-22(26)19-4-6-20(7-5-19)30(27,28)24-13-17(2)12-18(3)14-24/h4-7,16-18H,8-15H2,1-3H3/t17-,18+. The summed E-state index contributed by atoms with van der Waals surface area (Å²) in [6.07, 6.45) is 2.94. The van der Waals surface area contributed by atoms with Gasteiger partial charge < -0.3 is 9.64 Å². The largest absolute Gasteiger partial charge is 0.452 e. The van der Waals surface area contributed by atoms with Crippen LogP contribution in [0.4, 0.5) is 0 Å². The van der Waals surface area contributed by atoms with E-state index in [0.717, 1.165) is 19.3 Å². The van der Waals surface area contributed by atoms with Gasteiger partial charge in [-0.1, -0.05) is 20.8 Å². The van der Waals surface area contributed by atoms with Crippen molar-refractivity contribution in [3.63, 3.8) is 0 Å². The SMILES string of the molecule is CC1CCN(C(=O)COC(=O)c2ccc(S(=O)(=O)N3C[C@H](C)C[C@H](C)C3)cc2)CC1. The Labute approximate surface area is 179 Å². The molecule has 8 heteroatoms.